The number of rotatable bonds is 5. The van der Waals surface area contributed by atoms with E-state index in [1.54, 1.807) is 5.38 Å². The molecule has 3 aromatic rings. The molecule has 0 saturated carbocycles. The SMILES string of the molecule is CS(=O)(=O)Nc1cc(F)ccc1C(=O)Nc1nc(-c2ccc(Br)cc2)cs1. The number of anilines is 2. The Hall–Kier alpha value is -2.30. The third kappa shape index (κ3) is 5.12. The summed E-state index contributed by atoms with van der Waals surface area (Å²) in [5.74, 6) is -1.26. The van der Waals surface area contributed by atoms with Gasteiger partial charge in [0.1, 0.15) is 5.82 Å². The van der Waals surface area contributed by atoms with E-state index in [0.29, 0.717) is 10.8 Å². The van der Waals surface area contributed by atoms with E-state index in [1.165, 1.54) is 17.4 Å². The molecule has 0 aliphatic rings. The molecule has 0 radical (unpaired) electrons. The predicted octanol–water partition coefficient (Wildman–Crippen LogP) is 4.34. The van der Waals surface area contributed by atoms with Crippen molar-refractivity contribution >= 4 is 54.0 Å². The number of aromatic nitrogens is 1. The molecule has 0 atom stereocenters. The Morgan fingerprint density at radius 1 is 1.19 bits per heavy atom. The van der Waals surface area contributed by atoms with Crippen LogP contribution in [0.2, 0.25) is 0 Å². The van der Waals surface area contributed by atoms with Crippen LogP contribution in [0.15, 0.2) is 52.3 Å². The lowest BCUT2D eigenvalue weighted by molar-refractivity contribution is 0.102. The number of hydrogen-bond acceptors (Lipinski definition) is 5. The number of nitrogens with zero attached hydrogens (tertiary/aromatic N) is 1. The van der Waals surface area contributed by atoms with Gasteiger partial charge in [-0.25, -0.2) is 17.8 Å². The van der Waals surface area contributed by atoms with Gasteiger partial charge in [-0.2, -0.15) is 0 Å². The quantitative estimate of drug-likeness (QED) is 0.581. The normalized spacial score (nSPS) is 11.2. The first-order chi connectivity index (χ1) is 12.7. The van der Waals surface area contributed by atoms with Crippen LogP contribution in [0.1, 0.15) is 10.4 Å². The van der Waals surface area contributed by atoms with Crippen LogP contribution in [0, 0.1) is 5.82 Å². The minimum Gasteiger partial charge on any atom is -0.298 e. The van der Waals surface area contributed by atoms with Gasteiger partial charge in [-0.1, -0.05) is 28.1 Å². The summed E-state index contributed by atoms with van der Waals surface area (Å²) in [6.45, 7) is 0. The van der Waals surface area contributed by atoms with Gasteiger partial charge in [0, 0.05) is 15.4 Å². The fraction of sp³-hybridized carbons (Fsp3) is 0.0588. The predicted molar refractivity (Wildman–Crippen MR) is 108 cm³/mol. The molecular formula is C17H13BrFN3O3S2. The first-order valence-corrected chi connectivity index (χ1v) is 11.1. The second kappa shape index (κ2) is 7.75. The third-order valence-electron chi connectivity index (χ3n) is 3.39. The summed E-state index contributed by atoms with van der Waals surface area (Å²) in [5.41, 5.74) is 1.43. The van der Waals surface area contributed by atoms with Crippen molar-refractivity contribution in [2.75, 3.05) is 16.3 Å². The minimum absolute atomic E-state index is 0.0118. The highest BCUT2D eigenvalue weighted by Crippen LogP contribution is 2.27. The number of hydrogen-bond donors (Lipinski definition) is 2. The van der Waals surface area contributed by atoms with Crippen molar-refractivity contribution in [1.29, 1.82) is 0 Å². The second-order valence-corrected chi connectivity index (χ2v) is 9.09. The van der Waals surface area contributed by atoms with Crippen LogP contribution in [-0.4, -0.2) is 25.6 Å². The standard InChI is InChI=1S/C17H13BrFN3O3S2/c1-27(24,25)22-14-8-12(19)6-7-13(14)16(23)21-17-20-15(9-26-17)10-2-4-11(18)5-3-10/h2-9,22H,1H3,(H,20,21,23). The summed E-state index contributed by atoms with van der Waals surface area (Å²) >= 11 is 4.59. The molecule has 0 aliphatic carbocycles. The van der Waals surface area contributed by atoms with E-state index < -0.39 is 21.7 Å². The Bertz CT molecular complexity index is 1100. The maximum Gasteiger partial charge on any atom is 0.259 e. The third-order valence-corrected chi connectivity index (χ3v) is 5.26. The molecule has 1 aromatic heterocycles. The lowest BCUT2D eigenvalue weighted by Crippen LogP contribution is -2.17. The first-order valence-electron chi connectivity index (χ1n) is 7.51. The summed E-state index contributed by atoms with van der Waals surface area (Å²) < 4.78 is 39.4. The Morgan fingerprint density at radius 2 is 1.89 bits per heavy atom. The maximum atomic E-state index is 13.5. The molecule has 2 N–H and O–H groups in total. The Kier molecular flexibility index (Phi) is 5.59. The van der Waals surface area contributed by atoms with Gasteiger partial charge in [0.05, 0.1) is 23.2 Å². The van der Waals surface area contributed by atoms with Crippen LogP contribution < -0.4 is 10.0 Å². The van der Waals surface area contributed by atoms with Gasteiger partial charge in [-0.15, -0.1) is 11.3 Å². The highest BCUT2D eigenvalue weighted by Gasteiger charge is 2.17. The number of amides is 1. The van der Waals surface area contributed by atoms with Crippen LogP contribution in [0.5, 0.6) is 0 Å². The zero-order valence-electron chi connectivity index (χ0n) is 13.9. The second-order valence-electron chi connectivity index (χ2n) is 5.56. The van der Waals surface area contributed by atoms with Crippen LogP contribution in [0.3, 0.4) is 0 Å². The first kappa shape index (κ1) is 19.5. The number of carbonyl (C=O) groups is 1. The van der Waals surface area contributed by atoms with E-state index in [2.05, 4.69) is 31.0 Å². The van der Waals surface area contributed by atoms with Crippen molar-refractivity contribution in [3.05, 3.63) is 63.7 Å². The number of halogens is 2. The van der Waals surface area contributed by atoms with Crippen molar-refractivity contribution in [2.45, 2.75) is 0 Å². The van der Waals surface area contributed by atoms with E-state index in [9.17, 15) is 17.6 Å². The molecule has 1 heterocycles. The molecule has 1 amide bonds. The van der Waals surface area contributed by atoms with Crippen molar-refractivity contribution in [1.82, 2.24) is 4.98 Å². The van der Waals surface area contributed by atoms with E-state index in [-0.39, 0.29) is 11.3 Å². The molecule has 0 fully saturated rings. The molecule has 0 aliphatic heterocycles. The average molecular weight is 470 g/mol. The highest BCUT2D eigenvalue weighted by molar-refractivity contribution is 9.10. The zero-order valence-corrected chi connectivity index (χ0v) is 17.1. The Labute approximate surface area is 167 Å². The number of carbonyl (C=O) groups excluding carboxylic acids is 1. The van der Waals surface area contributed by atoms with Crippen LogP contribution in [0.25, 0.3) is 11.3 Å². The molecule has 2 aromatic carbocycles. The monoisotopic (exact) mass is 469 g/mol. The van der Waals surface area contributed by atoms with Crippen molar-refractivity contribution in [3.8, 4) is 11.3 Å². The molecule has 140 valence electrons. The highest BCUT2D eigenvalue weighted by atomic mass is 79.9. The smallest absolute Gasteiger partial charge is 0.259 e. The summed E-state index contributed by atoms with van der Waals surface area (Å²) in [6, 6.07) is 10.8. The molecule has 10 heteroatoms. The molecule has 3 rings (SSSR count). The molecule has 0 unspecified atom stereocenters. The topological polar surface area (TPSA) is 88.2 Å². The molecule has 0 saturated heterocycles. The summed E-state index contributed by atoms with van der Waals surface area (Å²) in [7, 11) is -3.67. The van der Waals surface area contributed by atoms with Crippen molar-refractivity contribution in [2.24, 2.45) is 0 Å². The summed E-state index contributed by atoms with van der Waals surface area (Å²) in [5, 5.41) is 4.74. The van der Waals surface area contributed by atoms with Crippen LogP contribution in [-0.2, 0) is 10.0 Å². The Balaban J connectivity index is 1.83. The largest absolute Gasteiger partial charge is 0.298 e. The van der Waals surface area contributed by atoms with Gasteiger partial charge in [-0.3, -0.25) is 14.8 Å². The van der Waals surface area contributed by atoms with Gasteiger partial charge >= 0.3 is 0 Å². The van der Waals surface area contributed by atoms with Gasteiger partial charge in [0.2, 0.25) is 10.0 Å². The number of sulfonamides is 1. The molecule has 27 heavy (non-hydrogen) atoms. The lowest BCUT2D eigenvalue weighted by Gasteiger charge is -2.10. The van der Waals surface area contributed by atoms with Gasteiger partial charge in [0.25, 0.3) is 5.91 Å². The number of benzene rings is 2. The minimum atomic E-state index is -3.67. The molecule has 0 bridgehead atoms. The Morgan fingerprint density at radius 3 is 2.56 bits per heavy atom. The fourth-order valence-corrected chi connectivity index (χ4v) is 3.79. The van der Waals surface area contributed by atoms with E-state index in [1.807, 2.05) is 24.3 Å². The molecule has 0 spiro atoms. The van der Waals surface area contributed by atoms with E-state index in [0.717, 1.165) is 28.4 Å². The number of thiazole rings is 1. The van der Waals surface area contributed by atoms with Gasteiger partial charge in [-0.05, 0) is 30.3 Å². The summed E-state index contributed by atoms with van der Waals surface area (Å²) in [4.78, 5) is 16.9. The fourth-order valence-electron chi connectivity index (χ4n) is 2.25. The van der Waals surface area contributed by atoms with E-state index >= 15 is 0 Å². The van der Waals surface area contributed by atoms with Crippen LogP contribution in [0.4, 0.5) is 15.2 Å². The van der Waals surface area contributed by atoms with Crippen molar-refractivity contribution < 1.29 is 17.6 Å². The van der Waals surface area contributed by atoms with E-state index in [4.69, 9.17) is 0 Å². The number of nitrogens with one attached hydrogen (secondary N) is 2. The van der Waals surface area contributed by atoms with Gasteiger partial charge < -0.3 is 0 Å². The summed E-state index contributed by atoms with van der Waals surface area (Å²) in [6.07, 6.45) is 0.922. The molecular weight excluding hydrogens is 457 g/mol. The lowest BCUT2D eigenvalue weighted by atomic mass is 10.1. The van der Waals surface area contributed by atoms with Crippen molar-refractivity contribution in [3.63, 3.8) is 0 Å². The average Bonchev–Trinajstić information content (AvgIpc) is 3.02. The van der Waals surface area contributed by atoms with Crippen LogP contribution >= 0.6 is 27.3 Å². The maximum absolute atomic E-state index is 13.5. The zero-order chi connectivity index (χ0) is 19.6. The molecule has 6 nitrogen and oxygen atoms in total. The van der Waals surface area contributed by atoms with Gasteiger partial charge in [0.15, 0.2) is 5.13 Å².